The first-order chi connectivity index (χ1) is 10.7. The van der Waals surface area contributed by atoms with Crippen LogP contribution in [-0.4, -0.2) is 58.9 Å². The minimum atomic E-state index is 0.625. The van der Waals surface area contributed by atoms with Gasteiger partial charge in [-0.25, -0.2) is 4.98 Å². The molecule has 7 nitrogen and oxygen atoms in total. The van der Waals surface area contributed by atoms with Gasteiger partial charge >= 0.3 is 0 Å². The second-order valence-electron chi connectivity index (χ2n) is 6.03. The molecule has 0 amide bonds. The number of aromatic nitrogens is 3. The molecule has 1 saturated heterocycles. The third-order valence-corrected chi connectivity index (χ3v) is 4.26. The molecule has 0 atom stereocenters. The van der Waals surface area contributed by atoms with Gasteiger partial charge in [0.1, 0.15) is 12.2 Å². The van der Waals surface area contributed by atoms with E-state index in [-0.39, 0.29) is 0 Å². The molecule has 2 rings (SSSR count). The number of rotatable bonds is 6. The molecular weight excluding hydrogens is 278 g/mol. The zero-order valence-corrected chi connectivity index (χ0v) is 14.0. The van der Waals surface area contributed by atoms with Crippen LogP contribution in [0.4, 0.5) is 0 Å². The van der Waals surface area contributed by atoms with Crippen molar-refractivity contribution in [1.29, 1.82) is 0 Å². The molecule has 0 unspecified atom stereocenters. The molecule has 1 aromatic rings. The molecule has 2 N–H and O–H groups in total. The Labute approximate surface area is 133 Å². The van der Waals surface area contributed by atoms with Gasteiger partial charge in [-0.2, -0.15) is 5.10 Å². The molecule has 124 valence electrons. The summed E-state index contributed by atoms with van der Waals surface area (Å²) in [6, 6.07) is 0. The number of guanidine groups is 1. The predicted molar refractivity (Wildman–Crippen MR) is 88.7 cm³/mol. The van der Waals surface area contributed by atoms with E-state index in [4.69, 9.17) is 0 Å². The zero-order valence-electron chi connectivity index (χ0n) is 14.0. The van der Waals surface area contributed by atoms with Crippen molar-refractivity contribution in [3.05, 3.63) is 12.2 Å². The van der Waals surface area contributed by atoms with Gasteiger partial charge in [0.2, 0.25) is 0 Å². The van der Waals surface area contributed by atoms with Crippen LogP contribution in [0.3, 0.4) is 0 Å². The molecule has 0 saturated carbocycles. The number of piperidine rings is 1. The number of hydrogen-bond acceptors (Lipinski definition) is 4. The molecule has 22 heavy (non-hydrogen) atoms. The molecule has 1 fully saturated rings. The summed E-state index contributed by atoms with van der Waals surface area (Å²) in [5.74, 6) is 2.61. The first kappa shape index (κ1) is 16.7. The highest BCUT2D eigenvalue weighted by Crippen LogP contribution is 2.15. The van der Waals surface area contributed by atoms with E-state index in [2.05, 4.69) is 37.5 Å². The largest absolute Gasteiger partial charge is 0.356 e. The van der Waals surface area contributed by atoms with Crippen molar-refractivity contribution in [2.24, 2.45) is 18.0 Å². The summed E-state index contributed by atoms with van der Waals surface area (Å²) in [6.45, 7) is 7.58. The lowest BCUT2D eigenvalue weighted by molar-refractivity contribution is 0.191. The maximum atomic E-state index is 4.23. The van der Waals surface area contributed by atoms with Gasteiger partial charge in [-0.3, -0.25) is 9.67 Å². The third kappa shape index (κ3) is 5.29. The molecular formula is C15H29N7. The fourth-order valence-corrected chi connectivity index (χ4v) is 2.66. The van der Waals surface area contributed by atoms with E-state index in [1.807, 2.05) is 7.05 Å². The molecule has 0 radical (unpaired) electrons. The highest BCUT2D eigenvalue weighted by Gasteiger charge is 2.14. The Morgan fingerprint density at radius 3 is 2.77 bits per heavy atom. The Bertz CT molecular complexity index is 460. The van der Waals surface area contributed by atoms with Crippen molar-refractivity contribution < 1.29 is 0 Å². The van der Waals surface area contributed by atoms with Crippen LogP contribution in [0.25, 0.3) is 0 Å². The van der Waals surface area contributed by atoms with Crippen molar-refractivity contribution in [2.75, 3.05) is 33.2 Å². The lowest BCUT2D eigenvalue weighted by Gasteiger charge is -2.30. The summed E-state index contributed by atoms with van der Waals surface area (Å²) >= 11 is 0. The average Bonchev–Trinajstić information content (AvgIpc) is 2.93. The Morgan fingerprint density at radius 1 is 1.36 bits per heavy atom. The second kappa shape index (κ2) is 8.73. The Hall–Kier alpha value is -1.63. The monoisotopic (exact) mass is 307 g/mol. The molecule has 0 bridgehead atoms. The van der Waals surface area contributed by atoms with Crippen molar-refractivity contribution in [3.8, 4) is 0 Å². The van der Waals surface area contributed by atoms with Crippen LogP contribution in [0.1, 0.15) is 32.0 Å². The van der Waals surface area contributed by atoms with E-state index in [0.717, 1.165) is 30.7 Å². The van der Waals surface area contributed by atoms with Gasteiger partial charge in [0.05, 0.1) is 6.54 Å². The van der Waals surface area contributed by atoms with Crippen LogP contribution in [0.5, 0.6) is 0 Å². The molecule has 1 aliphatic heterocycles. The second-order valence-corrected chi connectivity index (χ2v) is 6.03. The molecule has 1 aliphatic rings. The van der Waals surface area contributed by atoms with E-state index < -0.39 is 0 Å². The standard InChI is InChI=1S/C15H29N7/c1-13-5-9-22(10-6-13)8-4-7-17-15(16-2)18-11-14-19-12-20-21(14)3/h12-13H,4-11H2,1-3H3,(H2,16,17,18). The summed E-state index contributed by atoms with van der Waals surface area (Å²) in [7, 11) is 3.68. The highest BCUT2D eigenvalue weighted by atomic mass is 15.3. The molecule has 7 heteroatoms. The van der Waals surface area contributed by atoms with Crippen LogP contribution in [0, 0.1) is 5.92 Å². The van der Waals surface area contributed by atoms with E-state index in [9.17, 15) is 0 Å². The van der Waals surface area contributed by atoms with Gasteiger partial charge in [0, 0.05) is 20.6 Å². The van der Waals surface area contributed by atoms with Crippen LogP contribution >= 0.6 is 0 Å². The molecule has 0 aromatic carbocycles. The van der Waals surface area contributed by atoms with Crippen LogP contribution in [0.2, 0.25) is 0 Å². The lowest BCUT2D eigenvalue weighted by atomic mass is 9.99. The number of nitrogens with one attached hydrogen (secondary N) is 2. The smallest absolute Gasteiger partial charge is 0.191 e. The van der Waals surface area contributed by atoms with Crippen LogP contribution < -0.4 is 10.6 Å². The highest BCUT2D eigenvalue weighted by molar-refractivity contribution is 5.79. The van der Waals surface area contributed by atoms with Gasteiger partial charge in [-0.1, -0.05) is 6.92 Å². The fourth-order valence-electron chi connectivity index (χ4n) is 2.66. The predicted octanol–water partition coefficient (Wildman–Crippen LogP) is 0.602. The molecule has 2 heterocycles. The third-order valence-electron chi connectivity index (χ3n) is 4.26. The summed E-state index contributed by atoms with van der Waals surface area (Å²) in [4.78, 5) is 11.0. The topological polar surface area (TPSA) is 70.4 Å². The van der Waals surface area contributed by atoms with Gasteiger partial charge in [-0.05, 0) is 44.8 Å². The van der Waals surface area contributed by atoms with Crippen LogP contribution in [-0.2, 0) is 13.6 Å². The number of hydrogen-bond donors (Lipinski definition) is 2. The molecule has 0 spiro atoms. The maximum absolute atomic E-state index is 4.23. The summed E-state index contributed by atoms with van der Waals surface area (Å²) in [5.41, 5.74) is 0. The number of aryl methyl sites for hydroxylation is 1. The fraction of sp³-hybridized carbons (Fsp3) is 0.800. The van der Waals surface area contributed by atoms with E-state index in [1.165, 1.54) is 32.5 Å². The van der Waals surface area contributed by atoms with Gasteiger partial charge < -0.3 is 15.5 Å². The minimum Gasteiger partial charge on any atom is -0.356 e. The summed E-state index contributed by atoms with van der Waals surface area (Å²) < 4.78 is 1.76. The Morgan fingerprint density at radius 2 is 2.14 bits per heavy atom. The quantitative estimate of drug-likeness (QED) is 0.458. The van der Waals surface area contributed by atoms with E-state index in [1.54, 1.807) is 18.1 Å². The lowest BCUT2D eigenvalue weighted by Crippen LogP contribution is -2.39. The van der Waals surface area contributed by atoms with Crippen molar-refractivity contribution >= 4 is 5.96 Å². The van der Waals surface area contributed by atoms with E-state index >= 15 is 0 Å². The number of aliphatic imine (C=N–C) groups is 1. The maximum Gasteiger partial charge on any atom is 0.191 e. The molecule has 0 aliphatic carbocycles. The van der Waals surface area contributed by atoms with Gasteiger partial charge in [-0.15, -0.1) is 0 Å². The normalized spacial score (nSPS) is 17.7. The zero-order chi connectivity index (χ0) is 15.8. The van der Waals surface area contributed by atoms with Gasteiger partial charge in [0.15, 0.2) is 5.96 Å². The molecule has 1 aromatic heterocycles. The van der Waals surface area contributed by atoms with E-state index in [0.29, 0.717) is 6.54 Å². The summed E-state index contributed by atoms with van der Waals surface area (Å²) in [5, 5.41) is 10.7. The Kier molecular flexibility index (Phi) is 6.64. The summed E-state index contributed by atoms with van der Waals surface area (Å²) in [6.07, 6.45) is 5.38. The SMILES string of the molecule is CN=C(NCCCN1CCC(C)CC1)NCc1ncnn1C. The number of nitrogens with zero attached hydrogens (tertiary/aromatic N) is 5. The van der Waals surface area contributed by atoms with Crippen LogP contribution in [0.15, 0.2) is 11.3 Å². The van der Waals surface area contributed by atoms with Crippen molar-refractivity contribution in [3.63, 3.8) is 0 Å². The first-order valence-corrected chi connectivity index (χ1v) is 8.18. The first-order valence-electron chi connectivity index (χ1n) is 8.18. The van der Waals surface area contributed by atoms with Crippen molar-refractivity contribution in [2.45, 2.75) is 32.7 Å². The minimum absolute atomic E-state index is 0.625. The number of likely N-dealkylation sites (tertiary alicyclic amines) is 1. The average molecular weight is 307 g/mol. The van der Waals surface area contributed by atoms with Crippen molar-refractivity contribution in [1.82, 2.24) is 30.3 Å². The Balaban J connectivity index is 1.59. The van der Waals surface area contributed by atoms with Gasteiger partial charge in [0.25, 0.3) is 0 Å².